The Morgan fingerprint density at radius 1 is 1.25 bits per heavy atom. The van der Waals surface area contributed by atoms with Crippen molar-refractivity contribution < 1.29 is 4.79 Å². The number of amides is 1. The molecule has 0 aliphatic heterocycles. The number of rotatable bonds is 5. The van der Waals surface area contributed by atoms with Crippen LogP contribution in [0, 0.1) is 5.92 Å². The van der Waals surface area contributed by atoms with Gasteiger partial charge in [-0.05, 0) is 30.5 Å². The molecule has 0 saturated heterocycles. The van der Waals surface area contributed by atoms with E-state index in [4.69, 9.17) is 5.73 Å². The maximum atomic E-state index is 12.1. The predicted octanol–water partition coefficient (Wildman–Crippen LogP) is 1.73. The summed E-state index contributed by atoms with van der Waals surface area (Å²) in [6, 6.07) is 5.27. The third-order valence-electron chi connectivity index (χ3n) is 3.03. The number of hydrogen-bond donors (Lipinski definition) is 2. The summed E-state index contributed by atoms with van der Waals surface area (Å²) in [5, 5.41) is 2.86. The molecule has 2 rings (SSSR count). The Labute approximate surface area is 118 Å². The Kier molecular flexibility index (Phi) is 4.63. The minimum atomic E-state index is -0.128. The lowest BCUT2D eigenvalue weighted by Gasteiger charge is -2.14. The van der Waals surface area contributed by atoms with E-state index >= 15 is 0 Å². The fourth-order valence-electron chi connectivity index (χ4n) is 2.12. The molecule has 0 radical (unpaired) electrons. The summed E-state index contributed by atoms with van der Waals surface area (Å²) in [5.74, 6) is 0.398. The molecule has 5 heteroatoms. The van der Waals surface area contributed by atoms with Gasteiger partial charge in [-0.1, -0.05) is 13.8 Å². The van der Waals surface area contributed by atoms with Gasteiger partial charge >= 0.3 is 0 Å². The van der Waals surface area contributed by atoms with Crippen molar-refractivity contribution in [2.45, 2.75) is 26.3 Å². The lowest BCUT2D eigenvalue weighted by atomic mass is 10.0. The molecule has 0 fully saturated rings. The molecule has 0 aliphatic carbocycles. The molecular formula is C15H20N4O. The predicted molar refractivity (Wildman–Crippen MR) is 79.3 cm³/mol. The summed E-state index contributed by atoms with van der Waals surface area (Å²) in [5.41, 5.74) is 8.03. The lowest BCUT2D eigenvalue weighted by molar-refractivity contribution is 0.0950. The Balaban J connectivity index is 2.00. The highest BCUT2D eigenvalue weighted by molar-refractivity contribution is 5.97. The summed E-state index contributed by atoms with van der Waals surface area (Å²) in [4.78, 5) is 20.4. The van der Waals surface area contributed by atoms with Gasteiger partial charge in [0.2, 0.25) is 0 Å². The van der Waals surface area contributed by atoms with Gasteiger partial charge in [0.15, 0.2) is 0 Å². The second kappa shape index (κ2) is 6.43. The first-order valence-corrected chi connectivity index (χ1v) is 6.81. The van der Waals surface area contributed by atoms with Crippen molar-refractivity contribution in [3.8, 4) is 0 Å². The van der Waals surface area contributed by atoms with Gasteiger partial charge in [0.05, 0.1) is 11.0 Å². The normalized spacial score (nSPS) is 12.6. The van der Waals surface area contributed by atoms with Crippen molar-refractivity contribution in [3.63, 3.8) is 0 Å². The number of aromatic nitrogens is 2. The highest BCUT2D eigenvalue weighted by atomic mass is 16.1. The van der Waals surface area contributed by atoms with Gasteiger partial charge < -0.3 is 11.1 Å². The number of hydrogen-bond acceptors (Lipinski definition) is 4. The number of carbonyl (C=O) groups is 1. The van der Waals surface area contributed by atoms with E-state index < -0.39 is 0 Å². The summed E-state index contributed by atoms with van der Waals surface area (Å²) in [7, 11) is 0. The molecule has 2 aromatic rings. The third kappa shape index (κ3) is 3.74. The van der Waals surface area contributed by atoms with Crippen LogP contribution >= 0.6 is 0 Å². The van der Waals surface area contributed by atoms with Crippen LogP contribution in [0.4, 0.5) is 0 Å². The summed E-state index contributed by atoms with van der Waals surface area (Å²) >= 11 is 0. The van der Waals surface area contributed by atoms with E-state index in [0.29, 0.717) is 23.5 Å². The zero-order valence-electron chi connectivity index (χ0n) is 11.8. The lowest BCUT2D eigenvalue weighted by Crippen LogP contribution is -2.38. The molecule has 0 spiro atoms. The third-order valence-corrected chi connectivity index (χ3v) is 3.03. The minimum absolute atomic E-state index is 0.0146. The van der Waals surface area contributed by atoms with E-state index in [1.165, 1.54) is 0 Å². The maximum Gasteiger partial charge on any atom is 0.251 e. The van der Waals surface area contributed by atoms with Crippen molar-refractivity contribution in [2.24, 2.45) is 11.7 Å². The topological polar surface area (TPSA) is 80.9 Å². The van der Waals surface area contributed by atoms with Crippen molar-refractivity contribution >= 4 is 16.9 Å². The molecule has 1 heterocycles. The number of benzene rings is 1. The fourth-order valence-corrected chi connectivity index (χ4v) is 2.12. The fraction of sp³-hybridized carbons (Fsp3) is 0.400. The molecule has 0 aliphatic rings. The van der Waals surface area contributed by atoms with Gasteiger partial charge in [0, 0.05) is 30.5 Å². The van der Waals surface area contributed by atoms with Crippen LogP contribution in [0.5, 0.6) is 0 Å². The number of nitrogens with zero attached hydrogens (tertiary/aromatic N) is 2. The molecule has 1 aromatic carbocycles. The largest absolute Gasteiger partial charge is 0.350 e. The Morgan fingerprint density at radius 2 is 1.95 bits per heavy atom. The van der Waals surface area contributed by atoms with E-state index in [2.05, 4.69) is 29.1 Å². The smallest absolute Gasteiger partial charge is 0.251 e. The summed E-state index contributed by atoms with van der Waals surface area (Å²) in [6.45, 7) is 4.71. The van der Waals surface area contributed by atoms with Crippen LogP contribution in [-0.2, 0) is 0 Å². The Hall–Kier alpha value is -2.01. The maximum absolute atomic E-state index is 12.1. The van der Waals surface area contributed by atoms with Gasteiger partial charge in [0.25, 0.3) is 5.91 Å². The van der Waals surface area contributed by atoms with Crippen molar-refractivity contribution in [1.82, 2.24) is 15.3 Å². The van der Waals surface area contributed by atoms with E-state index in [9.17, 15) is 4.79 Å². The minimum Gasteiger partial charge on any atom is -0.350 e. The van der Waals surface area contributed by atoms with Crippen LogP contribution in [0.25, 0.3) is 11.0 Å². The molecular weight excluding hydrogens is 252 g/mol. The van der Waals surface area contributed by atoms with E-state index in [1.807, 2.05) is 0 Å². The average molecular weight is 272 g/mol. The van der Waals surface area contributed by atoms with Crippen LogP contribution in [0.2, 0.25) is 0 Å². The molecule has 1 unspecified atom stereocenters. The highest BCUT2D eigenvalue weighted by Gasteiger charge is 2.10. The van der Waals surface area contributed by atoms with Gasteiger partial charge in [-0.25, -0.2) is 0 Å². The van der Waals surface area contributed by atoms with Crippen molar-refractivity contribution in [3.05, 3.63) is 36.2 Å². The Bertz CT molecular complexity index is 597. The number of carbonyl (C=O) groups excluding carboxylic acids is 1. The standard InChI is InChI=1S/C15H20N4O/c1-10(2)7-12(16)9-19-15(20)11-3-4-13-14(8-11)18-6-5-17-13/h3-6,8,10,12H,7,9,16H2,1-2H3,(H,19,20). The van der Waals surface area contributed by atoms with Crippen LogP contribution in [-0.4, -0.2) is 28.5 Å². The van der Waals surface area contributed by atoms with Crippen molar-refractivity contribution in [2.75, 3.05) is 6.54 Å². The molecule has 1 aromatic heterocycles. The number of nitrogens with two attached hydrogens (primary N) is 1. The van der Waals surface area contributed by atoms with Crippen molar-refractivity contribution in [1.29, 1.82) is 0 Å². The molecule has 3 N–H and O–H groups in total. The van der Waals surface area contributed by atoms with Crippen LogP contribution < -0.4 is 11.1 Å². The van der Waals surface area contributed by atoms with Crippen LogP contribution in [0.1, 0.15) is 30.6 Å². The molecule has 0 bridgehead atoms. The SMILES string of the molecule is CC(C)CC(N)CNC(=O)c1ccc2nccnc2c1. The second-order valence-electron chi connectivity index (χ2n) is 5.36. The molecule has 0 saturated carbocycles. The monoisotopic (exact) mass is 272 g/mol. The summed E-state index contributed by atoms with van der Waals surface area (Å²) < 4.78 is 0. The van der Waals surface area contributed by atoms with E-state index in [0.717, 1.165) is 11.9 Å². The second-order valence-corrected chi connectivity index (χ2v) is 5.36. The van der Waals surface area contributed by atoms with Crippen LogP contribution in [0.15, 0.2) is 30.6 Å². The van der Waals surface area contributed by atoms with E-state index in [-0.39, 0.29) is 11.9 Å². The first-order chi connectivity index (χ1) is 9.56. The van der Waals surface area contributed by atoms with Gasteiger partial charge in [0.1, 0.15) is 0 Å². The zero-order valence-corrected chi connectivity index (χ0v) is 11.8. The van der Waals surface area contributed by atoms with E-state index in [1.54, 1.807) is 30.6 Å². The quantitative estimate of drug-likeness (QED) is 0.868. The number of fused-ring (bicyclic) bond motifs is 1. The molecule has 1 atom stereocenters. The molecule has 106 valence electrons. The Morgan fingerprint density at radius 3 is 2.65 bits per heavy atom. The highest BCUT2D eigenvalue weighted by Crippen LogP contribution is 2.10. The van der Waals surface area contributed by atoms with Gasteiger partial charge in [-0.2, -0.15) is 0 Å². The molecule has 20 heavy (non-hydrogen) atoms. The summed E-state index contributed by atoms with van der Waals surface area (Å²) in [6.07, 6.45) is 4.14. The molecule has 5 nitrogen and oxygen atoms in total. The van der Waals surface area contributed by atoms with Crippen LogP contribution in [0.3, 0.4) is 0 Å². The van der Waals surface area contributed by atoms with Gasteiger partial charge in [-0.15, -0.1) is 0 Å². The molecule has 1 amide bonds. The van der Waals surface area contributed by atoms with Gasteiger partial charge in [-0.3, -0.25) is 14.8 Å². The first kappa shape index (κ1) is 14.4. The number of nitrogens with one attached hydrogen (secondary N) is 1. The zero-order chi connectivity index (χ0) is 14.5. The first-order valence-electron chi connectivity index (χ1n) is 6.81. The average Bonchev–Trinajstić information content (AvgIpc) is 2.43.